The monoisotopic (exact) mass is 910 g/mol. The highest BCUT2D eigenvalue weighted by molar-refractivity contribution is 7.89. The first-order valence-corrected chi connectivity index (χ1v) is 24.6. The molecule has 0 amide bonds. The lowest BCUT2D eigenvalue weighted by atomic mass is 9.65. The molecule has 12 heteroatoms. The van der Waals surface area contributed by atoms with Crippen LogP contribution in [0.5, 0.6) is 17.2 Å². The average molecular weight is 912 g/mol. The third-order valence-corrected chi connectivity index (χ3v) is 16.3. The minimum absolute atomic E-state index is 0.0532. The van der Waals surface area contributed by atoms with E-state index in [1.54, 1.807) is 31.5 Å². The Labute approximate surface area is 384 Å². The number of fused-ring (bicyclic) bond motifs is 3. The van der Waals surface area contributed by atoms with E-state index in [0.717, 1.165) is 65.3 Å². The van der Waals surface area contributed by atoms with Crippen LogP contribution >= 0.6 is 11.6 Å². The first-order chi connectivity index (χ1) is 30.5. The summed E-state index contributed by atoms with van der Waals surface area (Å²) in [6.07, 6.45) is 7.48. The van der Waals surface area contributed by atoms with Crippen molar-refractivity contribution in [3.8, 4) is 17.2 Å². The van der Waals surface area contributed by atoms with Crippen LogP contribution in [0, 0.1) is 17.8 Å². The summed E-state index contributed by atoms with van der Waals surface area (Å²) < 4.78 is 53.4. The van der Waals surface area contributed by atoms with E-state index in [1.807, 2.05) is 87.5 Å². The number of ether oxygens (including phenoxy) is 4. The van der Waals surface area contributed by atoms with Gasteiger partial charge >= 0.3 is 5.97 Å². The number of carbonyl (C=O) groups is 1. The van der Waals surface area contributed by atoms with Gasteiger partial charge in [0, 0.05) is 36.6 Å². The Kier molecular flexibility index (Phi) is 13.5. The molecule has 0 saturated heterocycles. The van der Waals surface area contributed by atoms with Gasteiger partial charge in [-0.3, -0.25) is 0 Å². The molecule has 1 heterocycles. The predicted molar refractivity (Wildman–Crippen MR) is 252 cm³/mol. The molecular weight excluding hydrogens is 848 g/mol. The lowest BCUT2D eigenvalue weighted by Crippen LogP contribution is -2.50. The van der Waals surface area contributed by atoms with E-state index < -0.39 is 27.0 Å². The SMILES string of the molecule is COc1ccc(CN(Cc2ccc(OC)cc2)S(=O)(=O)[C@H](C)C[C@H]2C=C([C@@H](O)[C@@H]3CC[C@H]3CN3C[C@@]4(CCCc5cc(Cl)ccc54)COc4ccc(C(=O)OC(C)(C)C)cc43)C2)cc1. The number of hydrogen-bond donors (Lipinski definition) is 1. The molecule has 0 aromatic heterocycles. The standard InChI is InChI=1S/C52H63ClN2O8S/c1-34(64(58,59)55(29-35-9-16-43(60-5)17-10-35)30-36-11-18-44(61-6)19-12-36)24-37-25-41(26-37)49(56)45-20-13-40(45)31-54-32-52(23-7-8-38-27-42(53)15-21-46(38)52)33-62-48-22-14-39(28-47(48)54)50(57)63-51(2,3)4/h9-12,14-19,21-22,25,27-28,34,37,40,45,49,56H,7-8,13,20,23-24,26,29-33H2,1-6H3/t34-,37+,40+,45-,49-,52+/m1/s1. The minimum Gasteiger partial charge on any atom is -0.497 e. The highest BCUT2D eigenvalue weighted by Crippen LogP contribution is 2.48. The zero-order valence-corrected chi connectivity index (χ0v) is 39.6. The van der Waals surface area contributed by atoms with Crippen LogP contribution in [0.4, 0.5) is 5.69 Å². The number of aliphatic hydroxyl groups is 1. The van der Waals surface area contributed by atoms with Crippen LogP contribution < -0.4 is 19.1 Å². The Morgan fingerprint density at radius 1 is 0.953 bits per heavy atom. The van der Waals surface area contributed by atoms with E-state index in [9.17, 15) is 18.3 Å². The van der Waals surface area contributed by atoms with Crippen LogP contribution in [0.15, 0.2) is 96.6 Å². The predicted octanol–water partition coefficient (Wildman–Crippen LogP) is 9.93. The van der Waals surface area contributed by atoms with Crippen LogP contribution in [-0.4, -0.2) is 74.7 Å². The molecule has 1 saturated carbocycles. The van der Waals surface area contributed by atoms with Crippen molar-refractivity contribution < 1.29 is 37.3 Å². The Hall–Kier alpha value is -4.55. The van der Waals surface area contributed by atoms with Crippen molar-refractivity contribution in [1.82, 2.24) is 4.31 Å². The van der Waals surface area contributed by atoms with Crippen LogP contribution in [0.1, 0.15) is 98.8 Å². The highest BCUT2D eigenvalue weighted by atomic mass is 35.5. The molecule has 342 valence electrons. The van der Waals surface area contributed by atoms with Crippen molar-refractivity contribution in [3.05, 3.63) is 129 Å². The van der Waals surface area contributed by atoms with Gasteiger partial charge in [-0.15, -0.1) is 0 Å². The Balaban J connectivity index is 0.976. The number of aliphatic hydroxyl groups excluding tert-OH is 1. The summed E-state index contributed by atoms with van der Waals surface area (Å²) in [5.41, 5.74) is 5.71. The lowest BCUT2D eigenvalue weighted by molar-refractivity contribution is 0.00694. The second-order valence-electron chi connectivity index (χ2n) is 19.5. The van der Waals surface area contributed by atoms with Gasteiger partial charge in [0.05, 0.1) is 43.4 Å². The summed E-state index contributed by atoms with van der Waals surface area (Å²) in [5, 5.41) is 12.0. The summed E-state index contributed by atoms with van der Waals surface area (Å²) in [7, 11) is -0.501. The summed E-state index contributed by atoms with van der Waals surface area (Å²) in [4.78, 5) is 15.8. The number of carbonyl (C=O) groups excluding carboxylic acids is 1. The molecule has 0 unspecified atom stereocenters. The van der Waals surface area contributed by atoms with Crippen LogP contribution in [-0.2, 0) is 39.7 Å². The van der Waals surface area contributed by atoms with Crippen LogP contribution in [0.2, 0.25) is 5.02 Å². The van der Waals surface area contributed by atoms with Crippen molar-refractivity contribution in [2.24, 2.45) is 17.8 Å². The number of nitrogens with zero attached hydrogens (tertiary/aromatic N) is 2. The number of esters is 1. The number of hydrogen-bond acceptors (Lipinski definition) is 9. The molecule has 4 aromatic carbocycles. The molecule has 1 spiro atoms. The number of allylic oxidation sites excluding steroid dienone is 1. The maximum atomic E-state index is 14.4. The highest BCUT2D eigenvalue weighted by Gasteiger charge is 2.46. The van der Waals surface area contributed by atoms with Gasteiger partial charge < -0.3 is 29.0 Å². The van der Waals surface area contributed by atoms with Gasteiger partial charge in [-0.25, -0.2) is 13.2 Å². The van der Waals surface area contributed by atoms with E-state index in [1.165, 1.54) is 11.1 Å². The Bertz CT molecular complexity index is 2400. The fraction of sp³-hybridized carbons (Fsp3) is 0.481. The first kappa shape index (κ1) is 46.0. The van der Waals surface area contributed by atoms with Gasteiger partial charge in [0.1, 0.15) is 22.8 Å². The molecule has 64 heavy (non-hydrogen) atoms. The van der Waals surface area contributed by atoms with E-state index >= 15 is 0 Å². The van der Waals surface area contributed by atoms with Gasteiger partial charge in [-0.2, -0.15) is 4.31 Å². The third-order valence-electron chi connectivity index (χ3n) is 13.9. The van der Waals surface area contributed by atoms with Gasteiger partial charge in [0.15, 0.2) is 0 Å². The lowest BCUT2D eigenvalue weighted by Gasteiger charge is -2.47. The molecule has 0 radical (unpaired) electrons. The normalized spacial score (nSPS) is 22.7. The second-order valence-corrected chi connectivity index (χ2v) is 22.3. The van der Waals surface area contributed by atoms with Crippen molar-refractivity contribution in [2.75, 3.05) is 38.8 Å². The number of rotatable bonds is 15. The van der Waals surface area contributed by atoms with Gasteiger partial charge in [0.2, 0.25) is 10.0 Å². The number of aryl methyl sites for hydroxylation is 1. The zero-order valence-electron chi connectivity index (χ0n) is 38.0. The fourth-order valence-corrected chi connectivity index (χ4v) is 12.1. The number of methoxy groups -OCH3 is 2. The topological polar surface area (TPSA) is 115 Å². The fourth-order valence-electron chi connectivity index (χ4n) is 10.2. The Morgan fingerprint density at radius 2 is 1.61 bits per heavy atom. The second kappa shape index (κ2) is 18.7. The average Bonchev–Trinajstić information content (AvgIpc) is 3.39. The molecule has 1 aliphatic heterocycles. The molecule has 0 bridgehead atoms. The smallest absolute Gasteiger partial charge is 0.338 e. The summed E-state index contributed by atoms with van der Waals surface area (Å²) in [6, 6.07) is 26.9. The van der Waals surface area contributed by atoms with Crippen LogP contribution in [0.25, 0.3) is 0 Å². The number of halogens is 1. The number of anilines is 1. The molecule has 3 aliphatic carbocycles. The van der Waals surface area contributed by atoms with E-state index in [-0.39, 0.29) is 42.2 Å². The largest absolute Gasteiger partial charge is 0.497 e. The number of benzene rings is 4. The van der Waals surface area contributed by atoms with E-state index in [0.29, 0.717) is 49.6 Å². The van der Waals surface area contributed by atoms with E-state index in [2.05, 4.69) is 23.1 Å². The van der Waals surface area contributed by atoms with Crippen molar-refractivity contribution >= 4 is 33.3 Å². The maximum Gasteiger partial charge on any atom is 0.338 e. The third kappa shape index (κ3) is 9.98. The quantitative estimate of drug-likeness (QED) is 0.0920. The van der Waals surface area contributed by atoms with Crippen LogP contribution in [0.3, 0.4) is 0 Å². The van der Waals surface area contributed by atoms with Gasteiger partial charge in [-0.05, 0) is 173 Å². The molecule has 1 N–H and O–H groups in total. The molecule has 4 aromatic rings. The summed E-state index contributed by atoms with van der Waals surface area (Å²) >= 11 is 6.50. The Morgan fingerprint density at radius 3 is 2.20 bits per heavy atom. The minimum atomic E-state index is -3.72. The summed E-state index contributed by atoms with van der Waals surface area (Å²) in [5.74, 6) is 2.11. The summed E-state index contributed by atoms with van der Waals surface area (Å²) in [6.45, 7) is 9.79. The first-order valence-electron chi connectivity index (χ1n) is 22.7. The van der Waals surface area contributed by atoms with Gasteiger partial charge in [-0.1, -0.05) is 48.0 Å². The van der Waals surface area contributed by atoms with Gasteiger partial charge in [0.25, 0.3) is 0 Å². The van der Waals surface area contributed by atoms with Crippen molar-refractivity contribution in [2.45, 2.75) is 108 Å². The molecule has 1 fully saturated rings. The molecular formula is C52H63ClN2O8S. The maximum absolute atomic E-state index is 14.4. The molecule has 4 aliphatic rings. The molecule has 10 nitrogen and oxygen atoms in total. The van der Waals surface area contributed by atoms with E-state index in [4.69, 9.17) is 30.5 Å². The molecule has 6 atom stereocenters. The van der Waals surface area contributed by atoms with Crippen molar-refractivity contribution in [3.63, 3.8) is 0 Å². The van der Waals surface area contributed by atoms with Crippen molar-refractivity contribution in [1.29, 1.82) is 0 Å². The number of sulfonamides is 1. The molecule has 8 rings (SSSR count). The zero-order chi connectivity index (χ0) is 45.4.